The molecule has 0 spiro atoms. The minimum atomic E-state index is -0.136. The molecule has 19 heavy (non-hydrogen) atoms. The van der Waals surface area contributed by atoms with Crippen LogP contribution in [0.5, 0.6) is 0 Å². The Hall–Kier alpha value is -1.56. The average molecular weight is 263 g/mol. The number of piperidine rings is 3. The summed E-state index contributed by atoms with van der Waals surface area (Å²) in [5.41, 5.74) is 6.66. The highest BCUT2D eigenvalue weighted by molar-refractivity contribution is 5.97. The van der Waals surface area contributed by atoms with Gasteiger partial charge in [-0.15, -0.1) is 0 Å². The summed E-state index contributed by atoms with van der Waals surface area (Å²) in [6.45, 7) is 6.00. The molecule has 0 saturated carbocycles. The molecule has 1 unspecified atom stereocenters. The van der Waals surface area contributed by atoms with Crippen LogP contribution in [-0.4, -0.2) is 46.3 Å². The largest absolute Gasteiger partial charge is 0.396 e. The number of aromatic nitrogens is 2. The second-order valence-electron chi connectivity index (χ2n) is 5.51. The summed E-state index contributed by atoms with van der Waals surface area (Å²) >= 11 is 0. The number of fused-ring (bicyclic) bond motifs is 3. The average Bonchev–Trinajstić information content (AvgIpc) is 2.81. The number of anilines is 1. The number of rotatable bonds is 3. The first-order valence-electron chi connectivity index (χ1n) is 7.03. The topological polar surface area (TPSA) is 76.2 Å². The smallest absolute Gasteiger partial charge is 0.274 e. The SMILES string of the molecule is CCn1cc(N)c(C(=O)NC2CN3CCC2CC3)n1. The molecule has 1 aromatic heterocycles. The van der Waals surface area contributed by atoms with Crippen LogP contribution in [0.1, 0.15) is 30.3 Å². The van der Waals surface area contributed by atoms with E-state index in [1.165, 1.54) is 25.9 Å². The van der Waals surface area contributed by atoms with Crippen molar-refractivity contribution in [2.75, 3.05) is 25.4 Å². The van der Waals surface area contributed by atoms with Crippen molar-refractivity contribution in [3.63, 3.8) is 0 Å². The number of hydrogen-bond acceptors (Lipinski definition) is 4. The lowest BCUT2D eigenvalue weighted by Gasteiger charge is -2.44. The number of nitrogens with two attached hydrogens (primary N) is 1. The first kappa shape index (κ1) is 12.5. The van der Waals surface area contributed by atoms with E-state index in [0.29, 0.717) is 17.3 Å². The molecule has 0 radical (unpaired) electrons. The summed E-state index contributed by atoms with van der Waals surface area (Å²) in [4.78, 5) is 14.7. The van der Waals surface area contributed by atoms with E-state index in [0.717, 1.165) is 13.1 Å². The summed E-state index contributed by atoms with van der Waals surface area (Å²) in [5.74, 6) is 0.479. The minimum absolute atomic E-state index is 0.136. The van der Waals surface area contributed by atoms with Crippen molar-refractivity contribution < 1.29 is 4.79 Å². The molecule has 3 aliphatic heterocycles. The van der Waals surface area contributed by atoms with Gasteiger partial charge in [-0.2, -0.15) is 5.10 Å². The van der Waals surface area contributed by atoms with Gasteiger partial charge in [0, 0.05) is 25.3 Å². The Morgan fingerprint density at radius 3 is 2.79 bits per heavy atom. The van der Waals surface area contributed by atoms with Crippen LogP contribution in [0.15, 0.2) is 6.20 Å². The Bertz CT molecular complexity index is 475. The molecule has 0 aromatic carbocycles. The van der Waals surface area contributed by atoms with E-state index in [4.69, 9.17) is 5.73 Å². The molecule has 0 aliphatic carbocycles. The molecule has 2 bridgehead atoms. The van der Waals surface area contributed by atoms with E-state index in [1.54, 1.807) is 10.9 Å². The van der Waals surface area contributed by atoms with Gasteiger partial charge in [-0.3, -0.25) is 9.48 Å². The van der Waals surface area contributed by atoms with Crippen molar-refractivity contribution in [2.24, 2.45) is 5.92 Å². The highest BCUT2D eigenvalue weighted by Crippen LogP contribution is 2.27. The third kappa shape index (κ3) is 2.32. The molecule has 4 rings (SSSR count). The number of nitrogens with one attached hydrogen (secondary N) is 1. The molecule has 6 nitrogen and oxygen atoms in total. The fourth-order valence-electron chi connectivity index (χ4n) is 3.14. The van der Waals surface area contributed by atoms with Gasteiger partial charge in [-0.05, 0) is 38.8 Å². The third-order valence-electron chi connectivity index (χ3n) is 4.30. The van der Waals surface area contributed by atoms with Gasteiger partial charge in [0.15, 0.2) is 5.69 Å². The number of aryl methyl sites for hydroxylation is 1. The van der Waals surface area contributed by atoms with Crippen LogP contribution in [0, 0.1) is 5.92 Å². The number of nitrogens with zero attached hydrogens (tertiary/aromatic N) is 3. The Labute approximate surface area is 112 Å². The first-order valence-corrected chi connectivity index (χ1v) is 7.03. The van der Waals surface area contributed by atoms with E-state index in [9.17, 15) is 4.79 Å². The van der Waals surface area contributed by atoms with E-state index in [-0.39, 0.29) is 11.9 Å². The van der Waals surface area contributed by atoms with Crippen molar-refractivity contribution in [2.45, 2.75) is 32.4 Å². The van der Waals surface area contributed by atoms with Gasteiger partial charge in [0.05, 0.1) is 5.69 Å². The monoisotopic (exact) mass is 263 g/mol. The standard InChI is InChI=1S/C13H21N5O/c1-2-18-7-10(14)12(16-18)13(19)15-11-8-17-5-3-9(11)4-6-17/h7,9,11H,2-6,8,14H2,1H3,(H,15,19). The Morgan fingerprint density at radius 2 is 2.26 bits per heavy atom. The van der Waals surface area contributed by atoms with Crippen molar-refractivity contribution in [1.82, 2.24) is 20.0 Å². The second kappa shape index (κ2) is 4.85. The highest BCUT2D eigenvalue weighted by Gasteiger charge is 2.35. The van der Waals surface area contributed by atoms with Gasteiger partial charge in [0.2, 0.25) is 0 Å². The summed E-state index contributed by atoms with van der Waals surface area (Å²) in [5, 5.41) is 7.33. The maximum atomic E-state index is 12.3. The van der Waals surface area contributed by atoms with E-state index in [2.05, 4.69) is 15.3 Å². The van der Waals surface area contributed by atoms with Crippen molar-refractivity contribution in [3.8, 4) is 0 Å². The van der Waals surface area contributed by atoms with E-state index >= 15 is 0 Å². The predicted molar refractivity (Wildman–Crippen MR) is 72.7 cm³/mol. The Balaban J connectivity index is 1.69. The fraction of sp³-hybridized carbons (Fsp3) is 0.692. The molecule has 1 aromatic rings. The normalized spacial score (nSPS) is 29.4. The van der Waals surface area contributed by atoms with Crippen molar-refractivity contribution in [3.05, 3.63) is 11.9 Å². The molecule has 1 amide bonds. The quantitative estimate of drug-likeness (QED) is 0.823. The number of carbonyl (C=O) groups is 1. The van der Waals surface area contributed by atoms with Gasteiger partial charge in [0.1, 0.15) is 0 Å². The summed E-state index contributed by atoms with van der Waals surface area (Å²) in [6, 6.07) is 0.251. The number of nitrogen functional groups attached to an aromatic ring is 1. The van der Waals surface area contributed by atoms with Gasteiger partial charge < -0.3 is 16.0 Å². The van der Waals surface area contributed by atoms with Crippen molar-refractivity contribution in [1.29, 1.82) is 0 Å². The van der Waals surface area contributed by atoms with E-state index in [1.807, 2.05) is 6.92 Å². The van der Waals surface area contributed by atoms with Crippen LogP contribution in [0.2, 0.25) is 0 Å². The van der Waals surface area contributed by atoms with Crippen LogP contribution in [0.25, 0.3) is 0 Å². The van der Waals surface area contributed by atoms with Crippen LogP contribution in [-0.2, 0) is 6.54 Å². The molecule has 4 heterocycles. The summed E-state index contributed by atoms with van der Waals surface area (Å²) in [6.07, 6.45) is 4.08. The molecule has 3 N–H and O–H groups in total. The maximum Gasteiger partial charge on any atom is 0.274 e. The molecule has 3 saturated heterocycles. The molecular weight excluding hydrogens is 242 g/mol. The zero-order chi connectivity index (χ0) is 13.4. The Morgan fingerprint density at radius 1 is 1.53 bits per heavy atom. The molecule has 3 fully saturated rings. The lowest BCUT2D eigenvalue weighted by atomic mass is 9.84. The summed E-state index contributed by atoms with van der Waals surface area (Å²) in [7, 11) is 0. The van der Waals surface area contributed by atoms with Gasteiger partial charge in [-0.1, -0.05) is 0 Å². The number of hydrogen-bond donors (Lipinski definition) is 2. The van der Waals surface area contributed by atoms with Gasteiger partial charge >= 0.3 is 0 Å². The Kier molecular flexibility index (Phi) is 3.18. The number of carbonyl (C=O) groups excluding carboxylic acids is 1. The zero-order valence-electron chi connectivity index (χ0n) is 11.3. The fourth-order valence-corrected chi connectivity index (χ4v) is 3.14. The summed E-state index contributed by atoms with van der Waals surface area (Å²) < 4.78 is 1.70. The first-order chi connectivity index (χ1) is 9.17. The maximum absolute atomic E-state index is 12.3. The number of amides is 1. The van der Waals surface area contributed by atoms with E-state index < -0.39 is 0 Å². The van der Waals surface area contributed by atoms with Crippen LogP contribution in [0.4, 0.5) is 5.69 Å². The molecule has 1 atom stereocenters. The molecule has 3 aliphatic rings. The predicted octanol–water partition coefficient (Wildman–Crippen LogP) is 0.309. The zero-order valence-corrected chi connectivity index (χ0v) is 11.3. The highest BCUT2D eigenvalue weighted by atomic mass is 16.2. The van der Waals surface area contributed by atoms with Crippen LogP contribution in [0.3, 0.4) is 0 Å². The molecular formula is C13H21N5O. The molecule has 6 heteroatoms. The van der Waals surface area contributed by atoms with Crippen LogP contribution >= 0.6 is 0 Å². The van der Waals surface area contributed by atoms with Gasteiger partial charge in [0.25, 0.3) is 5.91 Å². The lowest BCUT2D eigenvalue weighted by molar-refractivity contribution is 0.0618. The van der Waals surface area contributed by atoms with Crippen molar-refractivity contribution >= 4 is 11.6 Å². The van der Waals surface area contributed by atoms with Gasteiger partial charge in [-0.25, -0.2) is 0 Å². The lowest BCUT2D eigenvalue weighted by Crippen LogP contribution is -2.57. The third-order valence-corrected chi connectivity index (χ3v) is 4.30. The molecule has 104 valence electrons. The van der Waals surface area contributed by atoms with Crippen LogP contribution < -0.4 is 11.1 Å². The minimum Gasteiger partial charge on any atom is -0.396 e. The second-order valence-corrected chi connectivity index (χ2v) is 5.51.